The van der Waals surface area contributed by atoms with Crippen LogP contribution >= 0.6 is 0 Å². The van der Waals surface area contributed by atoms with Crippen molar-refractivity contribution in [3.05, 3.63) is 12.2 Å². The van der Waals surface area contributed by atoms with Crippen LogP contribution in [-0.2, 0) is 28.5 Å². The van der Waals surface area contributed by atoms with Crippen LogP contribution in [0, 0.1) is 0 Å². The number of rotatable bonds is 35. The average Bonchev–Trinajstić information content (AvgIpc) is 3.74. The van der Waals surface area contributed by atoms with Crippen molar-refractivity contribution in [2.24, 2.45) is 0 Å². The molecular weight excluding hydrogens is 744 g/mol. The van der Waals surface area contributed by atoms with Gasteiger partial charge in [0.2, 0.25) is 0 Å². The van der Waals surface area contributed by atoms with Crippen LogP contribution in [0.5, 0.6) is 0 Å². The van der Waals surface area contributed by atoms with Crippen molar-refractivity contribution < 1.29 is 59.2 Å². The van der Waals surface area contributed by atoms with Gasteiger partial charge in [-0.05, 0) is 38.5 Å². The highest BCUT2D eigenvalue weighted by Crippen LogP contribution is 2.22. The van der Waals surface area contributed by atoms with Crippen LogP contribution in [0.4, 0.5) is 0 Å². The lowest BCUT2D eigenvalue weighted by atomic mass is 10.0. The fourth-order valence-corrected chi connectivity index (χ4v) is 7.41. The van der Waals surface area contributed by atoms with Crippen LogP contribution in [-0.4, -0.2) is 118 Å². The first-order chi connectivity index (χ1) is 28.2. The second-order valence-electron chi connectivity index (χ2n) is 16.5. The molecule has 2 saturated heterocycles. The maximum absolute atomic E-state index is 11.9. The van der Waals surface area contributed by atoms with Gasteiger partial charge in [0.15, 0.2) is 12.2 Å². The second kappa shape index (κ2) is 37.1. The summed E-state index contributed by atoms with van der Waals surface area (Å²) in [4.78, 5) is 23.9. The molecular formula is C46H86O12. The lowest BCUT2D eigenvalue weighted by molar-refractivity contribution is -0.163. The third-order valence-electron chi connectivity index (χ3n) is 11.2. The van der Waals surface area contributed by atoms with E-state index in [0.29, 0.717) is 12.8 Å². The molecule has 58 heavy (non-hydrogen) atoms. The normalized spacial score (nSPS) is 22.8. The molecule has 0 saturated carbocycles. The number of carbonyl (C=O) groups is 2. The summed E-state index contributed by atoms with van der Waals surface area (Å²) < 4.78 is 20.9. The summed E-state index contributed by atoms with van der Waals surface area (Å²) in [5.41, 5.74) is 0. The quantitative estimate of drug-likeness (QED) is 0.0209. The van der Waals surface area contributed by atoms with Crippen molar-refractivity contribution in [3.63, 3.8) is 0 Å². The van der Waals surface area contributed by atoms with E-state index in [4.69, 9.17) is 18.9 Å². The van der Waals surface area contributed by atoms with E-state index < -0.39 is 68.0 Å². The van der Waals surface area contributed by atoms with Gasteiger partial charge in [0, 0.05) is 12.8 Å². The molecule has 0 aromatic carbocycles. The van der Waals surface area contributed by atoms with Crippen molar-refractivity contribution in [2.45, 2.75) is 242 Å². The Morgan fingerprint density at radius 3 is 1.07 bits per heavy atom. The minimum absolute atomic E-state index is 0.0151. The Hall–Kier alpha value is -1.64. The highest BCUT2D eigenvalue weighted by molar-refractivity contribution is 5.70. The average molecular weight is 831 g/mol. The van der Waals surface area contributed by atoms with Gasteiger partial charge in [-0.3, -0.25) is 9.59 Å². The van der Waals surface area contributed by atoms with Gasteiger partial charge >= 0.3 is 11.9 Å². The van der Waals surface area contributed by atoms with E-state index in [9.17, 15) is 40.2 Å². The fourth-order valence-electron chi connectivity index (χ4n) is 7.41. The zero-order valence-corrected chi connectivity index (χ0v) is 36.5. The molecule has 6 N–H and O–H groups in total. The van der Waals surface area contributed by atoms with E-state index in [1.807, 2.05) is 0 Å². The number of aliphatic hydroxyl groups is 6. The Morgan fingerprint density at radius 1 is 0.500 bits per heavy atom. The molecule has 0 aromatic rings. The molecule has 12 heteroatoms. The first-order valence-electron chi connectivity index (χ1n) is 23.4. The number of allylic oxidation sites excluding steroid dienone is 2. The van der Waals surface area contributed by atoms with Gasteiger partial charge < -0.3 is 49.6 Å². The number of ether oxygens (including phenoxy) is 4. The van der Waals surface area contributed by atoms with E-state index in [1.165, 1.54) is 116 Å². The Kier molecular flexibility index (Phi) is 34.8. The first-order valence-corrected chi connectivity index (χ1v) is 23.4. The predicted octanol–water partition coefficient (Wildman–Crippen LogP) is 7.54. The Balaban J connectivity index is 0.000000581. The van der Waals surface area contributed by atoms with Gasteiger partial charge in [0.1, 0.15) is 36.6 Å². The lowest BCUT2D eigenvalue weighted by Crippen LogP contribution is -2.43. The number of hydrogen-bond acceptors (Lipinski definition) is 12. The van der Waals surface area contributed by atoms with Gasteiger partial charge in [0.25, 0.3) is 0 Å². The smallest absolute Gasteiger partial charge is 0.306 e. The first kappa shape index (κ1) is 54.4. The van der Waals surface area contributed by atoms with E-state index in [-0.39, 0.29) is 19.2 Å². The van der Waals surface area contributed by atoms with Crippen molar-refractivity contribution in [3.8, 4) is 0 Å². The van der Waals surface area contributed by atoms with Crippen LogP contribution in [0.25, 0.3) is 0 Å². The number of aliphatic hydroxyl groups excluding tert-OH is 6. The third kappa shape index (κ3) is 26.5. The summed E-state index contributed by atoms with van der Waals surface area (Å²) in [6.45, 7) is 3.59. The molecule has 2 aliphatic heterocycles. The summed E-state index contributed by atoms with van der Waals surface area (Å²) in [5, 5.41) is 57.3. The van der Waals surface area contributed by atoms with E-state index in [2.05, 4.69) is 26.0 Å². The Bertz CT molecular complexity index is 996. The molecule has 0 radical (unpaired) electrons. The van der Waals surface area contributed by atoms with Crippen molar-refractivity contribution in [1.82, 2.24) is 0 Å². The van der Waals surface area contributed by atoms with Crippen molar-refractivity contribution in [2.75, 3.05) is 26.4 Å². The van der Waals surface area contributed by atoms with Crippen molar-refractivity contribution >= 4 is 11.9 Å². The fraction of sp³-hybridized carbons (Fsp3) is 0.913. The molecule has 2 fully saturated rings. The monoisotopic (exact) mass is 831 g/mol. The van der Waals surface area contributed by atoms with Crippen LogP contribution in [0.2, 0.25) is 0 Å². The molecule has 0 spiro atoms. The molecule has 0 bridgehead atoms. The van der Waals surface area contributed by atoms with Crippen LogP contribution in [0.1, 0.15) is 194 Å². The molecule has 0 aliphatic carbocycles. The zero-order valence-electron chi connectivity index (χ0n) is 36.5. The molecule has 8 atom stereocenters. The minimum Gasteiger partial charge on any atom is -0.457 e. The highest BCUT2D eigenvalue weighted by Gasteiger charge is 2.42. The summed E-state index contributed by atoms with van der Waals surface area (Å²) >= 11 is 0. The molecule has 2 aliphatic rings. The lowest BCUT2D eigenvalue weighted by Gasteiger charge is -2.24. The number of carbonyl (C=O) groups excluding carboxylic acids is 2. The van der Waals surface area contributed by atoms with Crippen molar-refractivity contribution in [1.29, 1.82) is 0 Å². The zero-order chi connectivity index (χ0) is 42.6. The Morgan fingerprint density at radius 2 is 0.793 bits per heavy atom. The minimum atomic E-state index is -1.14. The number of esters is 2. The van der Waals surface area contributed by atoms with E-state index >= 15 is 0 Å². The number of unbranched alkanes of at least 4 members (excludes halogenated alkanes) is 23. The van der Waals surface area contributed by atoms with Gasteiger partial charge in [-0.15, -0.1) is 0 Å². The highest BCUT2D eigenvalue weighted by atomic mass is 16.6. The maximum Gasteiger partial charge on any atom is 0.306 e. The van der Waals surface area contributed by atoms with Gasteiger partial charge in [0.05, 0.1) is 26.4 Å². The molecule has 2 rings (SSSR count). The van der Waals surface area contributed by atoms with Crippen LogP contribution in [0.15, 0.2) is 12.2 Å². The van der Waals surface area contributed by atoms with E-state index in [0.717, 1.165) is 51.4 Å². The largest absolute Gasteiger partial charge is 0.457 e. The summed E-state index contributed by atoms with van der Waals surface area (Å²) in [6.07, 6.45) is 29.1. The second-order valence-corrected chi connectivity index (χ2v) is 16.5. The van der Waals surface area contributed by atoms with Gasteiger partial charge in [-0.2, -0.15) is 0 Å². The summed E-state index contributed by atoms with van der Waals surface area (Å²) in [7, 11) is 0. The summed E-state index contributed by atoms with van der Waals surface area (Å²) in [6, 6.07) is 0. The Labute approximate surface area is 351 Å². The van der Waals surface area contributed by atoms with Crippen LogP contribution < -0.4 is 0 Å². The topological polar surface area (TPSA) is 192 Å². The molecule has 2 heterocycles. The predicted molar refractivity (Wildman–Crippen MR) is 227 cm³/mol. The van der Waals surface area contributed by atoms with Gasteiger partial charge in [-0.25, -0.2) is 0 Å². The van der Waals surface area contributed by atoms with E-state index in [1.54, 1.807) is 0 Å². The molecule has 12 nitrogen and oxygen atoms in total. The molecule has 0 amide bonds. The standard InChI is InChI=1S/C24H44O6.C22H42O6/c1-2-3-4-5-6-7-8-9-10-11-12-13-14-15-16-17-22(27)30-21(18-25)24-23(28)20(26)19-29-24;1-2-3-4-5-6-7-8-9-10-11-12-13-14-15-20(25)28-19(16-23)22-21(26)18(24)17-27-22/h9-10,20-21,23-26,28H,2-8,11-19H2,1H3;18-19,21-24,26H,2-17H2,1H3/b10-9-;/t20-,21+,23+,24+;18-,19+,21+,22+/m00/s1. The van der Waals surface area contributed by atoms with Crippen LogP contribution in [0.3, 0.4) is 0 Å². The molecule has 342 valence electrons. The number of hydrogen-bond donors (Lipinski definition) is 6. The summed E-state index contributed by atoms with van der Waals surface area (Å²) in [5.74, 6) is -0.789. The molecule has 0 aromatic heterocycles. The maximum atomic E-state index is 11.9. The third-order valence-corrected chi connectivity index (χ3v) is 11.2. The molecule has 0 unspecified atom stereocenters. The van der Waals surface area contributed by atoms with Gasteiger partial charge in [-0.1, -0.05) is 154 Å². The SMILES string of the molecule is CCCCCCCC/C=C\CCCCCCCC(=O)O[C@H](CO)[C@H]1OC[C@H](O)[C@H]1O.CCCCCCCCCCCCCCCC(=O)O[C@H](CO)[C@H]1OC[C@H](O)[C@H]1O.